The first-order chi connectivity index (χ1) is 16.2. The lowest BCUT2D eigenvalue weighted by Crippen LogP contribution is -2.45. The lowest BCUT2D eigenvalue weighted by atomic mass is 9.98. The number of likely N-dealkylation sites (tertiary alicyclic amines) is 1. The highest BCUT2D eigenvalue weighted by Crippen LogP contribution is 2.44. The third-order valence-corrected chi connectivity index (χ3v) is 6.45. The molecule has 180 valence electrons. The van der Waals surface area contributed by atoms with Crippen LogP contribution in [0.15, 0.2) is 48.5 Å². The van der Waals surface area contributed by atoms with Crippen molar-refractivity contribution < 1.29 is 33.0 Å². The zero-order chi connectivity index (χ0) is 24.5. The first-order valence-corrected chi connectivity index (χ1v) is 11.2. The SMILES string of the molecule is CCC(CC(=O)N1CC(F)(F)C[C@@H]1C(=O)O)NC(=O)OCC1c2ccccc2-c2ccccc21. The average Bonchev–Trinajstić information content (AvgIpc) is 3.31. The third kappa shape index (κ3) is 4.73. The maximum atomic E-state index is 13.7. The number of alkyl halides is 2. The van der Waals surface area contributed by atoms with Crippen molar-refractivity contribution in [2.45, 2.75) is 50.1 Å². The van der Waals surface area contributed by atoms with Gasteiger partial charge in [-0.1, -0.05) is 55.5 Å². The van der Waals surface area contributed by atoms with Gasteiger partial charge in [0.2, 0.25) is 5.91 Å². The fraction of sp³-hybridized carbons (Fsp3) is 0.400. The van der Waals surface area contributed by atoms with Gasteiger partial charge >= 0.3 is 12.1 Å². The van der Waals surface area contributed by atoms with Crippen molar-refractivity contribution in [3.8, 4) is 11.1 Å². The number of carbonyl (C=O) groups is 3. The summed E-state index contributed by atoms with van der Waals surface area (Å²) in [6, 6.07) is 13.6. The summed E-state index contributed by atoms with van der Waals surface area (Å²) in [5.41, 5.74) is 4.32. The standard InChI is InChI=1S/C25H26F2N2O5/c1-2-15(11-22(30)29-14-25(26,27)12-21(29)23(31)32)28-24(33)34-13-20-18-9-5-3-7-16(18)17-8-4-6-10-19(17)20/h3-10,15,20-21H,2,11-14H2,1H3,(H,28,33)(H,31,32)/t15?,21-/m1/s1. The molecule has 1 fully saturated rings. The van der Waals surface area contributed by atoms with Gasteiger partial charge in [0.1, 0.15) is 12.6 Å². The van der Waals surface area contributed by atoms with Crippen LogP contribution in [0.4, 0.5) is 13.6 Å². The van der Waals surface area contributed by atoms with Crippen LogP contribution < -0.4 is 5.32 Å². The molecule has 2 amide bonds. The van der Waals surface area contributed by atoms with Crippen LogP contribution in [0.2, 0.25) is 0 Å². The molecule has 0 aromatic heterocycles. The topological polar surface area (TPSA) is 95.9 Å². The molecule has 34 heavy (non-hydrogen) atoms. The van der Waals surface area contributed by atoms with Crippen LogP contribution in [-0.4, -0.2) is 59.1 Å². The average molecular weight is 472 g/mol. The van der Waals surface area contributed by atoms with Crippen molar-refractivity contribution in [2.24, 2.45) is 0 Å². The zero-order valence-electron chi connectivity index (χ0n) is 18.7. The lowest BCUT2D eigenvalue weighted by molar-refractivity contribution is -0.148. The number of alkyl carbamates (subject to hydrolysis) is 1. The largest absolute Gasteiger partial charge is 0.480 e. The molecule has 2 atom stereocenters. The molecule has 2 aromatic rings. The predicted molar refractivity (Wildman–Crippen MR) is 120 cm³/mol. The van der Waals surface area contributed by atoms with E-state index >= 15 is 0 Å². The Bertz CT molecular complexity index is 1060. The highest BCUT2D eigenvalue weighted by molar-refractivity contribution is 5.85. The number of carboxylic acid groups (broad SMARTS) is 1. The number of rotatable bonds is 7. The normalized spacial score (nSPS) is 19.3. The molecule has 0 saturated carbocycles. The van der Waals surface area contributed by atoms with Gasteiger partial charge in [-0.2, -0.15) is 0 Å². The van der Waals surface area contributed by atoms with Crippen molar-refractivity contribution in [1.29, 1.82) is 0 Å². The quantitative estimate of drug-likeness (QED) is 0.635. The van der Waals surface area contributed by atoms with E-state index in [1.54, 1.807) is 6.92 Å². The second-order valence-electron chi connectivity index (χ2n) is 8.71. The molecule has 1 aliphatic heterocycles. The molecule has 2 N–H and O–H groups in total. The summed E-state index contributed by atoms with van der Waals surface area (Å²) >= 11 is 0. The summed E-state index contributed by atoms with van der Waals surface area (Å²) in [5.74, 6) is -5.58. The summed E-state index contributed by atoms with van der Waals surface area (Å²) in [6.45, 7) is 0.892. The van der Waals surface area contributed by atoms with Crippen molar-refractivity contribution in [3.63, 3.8) is 0 Å². The van der Waals surface area contributed by atoms with Crippen LogP contribution in [0.5, 0.6) is 0 Å². The predicted octanol–water partition coefficient (Wildman–Crippen LogP) is 4.01. The van der Waals surface area contributed by atoms with Gasteiger partial charge in [-0.25, -0.2) is 18.4 Å². The van der Waals surface area contributed by atoms with Crippen LogP contribution in [0.1, 0.15) is 43.2 Å². The van der Waals surface area contributed by atoms with Crippen LogP contribution in [-0.2, 0) is 14.3 Å². The number of carboxylic acids is 1. The molecular weight excluding hydrogens is 446 g/mol. The second-order valence-corrected chi connectivity index (χ2v) is 8.71. The number of nitrogens with zero attached hydrogens (tertiary/aromatic N) is 1. The zero-order valence-corrected chi connectivity index (χ0v) is 18.7. The molecule has 0 bridgehead atoms. The van der Waals surface area contributed by atoms with E-state index in [1.165, 1.54) is 0 Å². The fourth-order valence-electron chi connectivity index (χ4n) is 4.73. The van der Waals surface area contributed by atoms with E-state index < -0.39 is 48.9 Å². The maximum absolute atomic E-state index is 13.7. The van der Waals surface area contributed by atoms with E-state index in [0.717, 1.165) is 22.3 Å². The van der Waals surface area contributed by atoms with Crippen molar-refractivity contribution >= 4 is 18.0 Å². The number of halogens is 2. The molecule has 1 aliphatic carbocycles. The summed E-state index contributed by atoms with van der Waals surface area (Å²) in [5, 5.41) is 11.8. The van der Waals surface area contributed by atoms with Crippen molar-refractivity contribution in [1.82, 2.24) is 10.2 Å². The Kier molecular flexibility index (Phi) is 6.54. The smallest absolute Gasteiger partial charge is 0.407 e. The molecule has 7 nitrogen and oxygen atoms in total. The van der Waals surface area contributed by atoms with Gasteiger partial charge < -0.3 is 20.1 Å². The van der Waals surface area contributed by atoms with Crippen LogP contribution in [0, 0.1) is 0 Å². The van der Waals surface area contributed by atoms with E-state index in [9.17, 15) is 28.3 Å². The second kappa shape index (κ2) is 9.40. The van der Waals surface area contributed by atoms with Gasteiger partial charge in [0.25, 0.3) is 5.92 Å². The Morgan fingerprint density at radius 2 is 1.71 bits per heavy atom. The minimum atomic E-state index is -3.25. The molecular formula is C25H26F2N2O5. The molecule has 2 aromatic carbocycles. The number of aliphatic carboxylic acids is 1. The van der Waals surface area contributed by atoms with Gasteiger partial charge in [0.15, 0.2) is 0 Å². The maximum Gasteiger partial charge on any atom is 0.407 e. The highest BCUT2D eigenvalue weighted by atomic mass is 19.3. The first kappa shape index (κ1) is 23.7. The third-order valence-electron chi connectivity index (χ3n) is 6.45. The van der Waals surface area contributed by atoms with Gasteiger partial charge in [-0.05, 0) is 28.7 Å². The van der Waals surface area contributed by atoms with E-state index in [0.29, 0.717) is 11.3 Å². The fourth-order valence-corrected chi connectivity index (χ4v) is 4.73. The number of benzene rings is 2. The Morgan fingerprint density at radius 1 is 1.12 bits per heavy atom. The summed E-state index contributed by atoms with van der Waals surface area (Å²) in [7, 11) is 0. The minimum Gasteiger partial charge on any atom is -0.480 e. The Hall–Kier alpha value is -3.49. The molecule has 4 rings (SSSR count). The molecule has 0 radical (unpaired) electrons. The molecule has 1 heterocycles. The van der Waals surface area contributed by atoms with E-state index in [1.807, 2.05) is 48.5 Å². The summed E-state index contributed by atoms with van der Waals surface area (Å²) < 4.78 is 32.9. The Labute approximate surface area is 195 Å². The Balaban J connectivity index is 1.36. The molecule has 1 unspecified atom stereocenters. The number of amides is 2. The molecule has 9 heteroatoms. The number of nitrogens with one attached hydrogen (secondary N) is 1. The van der Waals surface area contributed by atoms with E-state index in [4.69, 9.17) is 4.74 Å². The molecule has 2 aliphatic rings. The number of hydrogen-bond acceptors (Lipinski definition) is 4. The monoisotopic (exact) mass is 472 g/mol. The number of carbonyl (C=O) groups excluding carboxylic acids is 2. The summed E-state index contributed by atoms with van der Waals surface area (Å²) in [4.78, 5) is 37.1. The summed E-state index contributed by atoms with van der Waals surface area (Å²) in [6.07, 6.45) is -1.58. The van der Waals surface area contributed by atoms with Crippen LogP contribution in [0.3, 0.4) is 0 Å². The van der Waals surface area contributed by atoms with Gasteiger partial charge in [-0.15, -0.1) is 0 Å². The highest BCUT2D eigenvalue weighted by Gasteiger charge is 2.50. The van der Waals surface area contributed by atoms with Crippen molar-refractivity contribution in [2.75, 3.05) is 13.2 Å². The number of ether oxygens (including phenoxy) is 1. The Morgan fingerprint density at radius 3 is 2.26 bits per heavy atom. The number of fused-ring (bicyclic) bond motifs is 3. The molecule has 0 spiro atoms. The van der Waals surface area contributed by atoms with Gasteiger partial charge in [0, 0.05) is 24.8 Å². The van der Waals surface area contributed by atoms with E-state index in [2.05, 4.69) is 5.32 Å². The molecule has 1 saturated heterocycles. The van der Waals surface area contributed by atoms with Gasteiger partial charge in [0.05, 0.1) is 6.54 Å². The number of hydrogen-bond donors (Lipinski definition) is 2. The van der Waals surface area contributed by atoms with E-state index in [-0.39, 0.29) is 18.9 Å². The minimum absolute atomic E-state index is 0.101. The lowest BCUT2D eigenvalue weighted by Gasteiger charge is -2.24. The van der Waals surface area contributed by atoms with Crippen LogP contribution in [0.25, 0.3) is 11.1 Å². The van der Waals surface area contributed by atoms with Crippen molar-refractivity contribution in [3.05, 3.63) is 59.7 Å². The first-order valence-electron chi connectivity index (χ1n) is 11.2. The van der Waals surface area contributed by atoms with Crippen LogP contribution >= 0.6 is 0 Å². The van der Waals surface area contributed by atoms with Gasteiger partial charge in [-0.3, -0.25) is 4.79 Å².